The van der Waals surface area contributed by atoms with Crippen molar-refractivity contribution < 1.29 is 48.7 Å². The SMILES string of the molecule is CNC(=O)C(OC1OC(C(=O)NC2CCCC(C)NC2=O)=CC(O)C1O)C1OC(n2ccc(=O)[nH]c2=O)C(O)C1OC. The second-order valence-corrected chi connectivity index (χ2v) is 10.2. The molecule has 1 aromatic rings. The van der Waals surface area contributed by atoms with Crippen molar-refractivity contribution in [3.05, 3.63) is 44.9 Å². The van der Waals surface area contributed by atoms with E-state index in [4.69, 9.17) is 18.9 Å². The summed E-state index contributed by atoms with van der Waals surface area (Å²) in [6.07, 6.45) is -8.74. The van der Waals surface area contributed by atoms with Crippen LogP contribution in [0.4, 0.5) is 0 Å². The summed E-state index contributed by atoms with van der Waals surface area (Å²) in [6, 6.07) is 0.110. The number of amides is 3. The number of nitrogens with one attached hydrogen (secondary N) is 4. The number of hydrogen-bond donors (Lipinski definition) is 7. The highest BCUT2D eigenvalue weighted by Gasteiger charge is 2.52. The van der Waals surface area contributed by atoms with Gasteiger partial charge in [0, 0.05) is 32.5 Å². The van der Waals surface area contributed by atoms with E-state index in [0.717, 1.165) is 29.3 Å². The number of methoxy groups -OCH3 is 1. The molecule has 7 N–H and O–H groups in total. The molecule has 2 fully saturated rings. The standard InChI is InChI=1S/C25H35N5O12/c1-10-5-4-6-11(20(35)27-10)28-21(36)13-9-12(31)15(33)24(40-13)42-19(22(37)26-2)18-17(39-3)16(34)23(41-18)30-8-7-14(32)29-25(30)38/h7-12,15-19,23-24,31,33-34H,4-6H2,1-3H3,(H,26,37)(H,27,35)(H,28,36)(H,29,32,38). The summed E-state index contributed by atoms with van der Waals surface area (Å²) >= 11 is 0. The van der Waals surface area contributed by atoms with Gasteiger partial charge in [0.1, 0.15) is 36.6 Å². The van der Waals surface area contributed by atoms with Gasteiger partial charge in [-0.25, -0.2) is 4.79 Å². The molecule has 42 heavy (non-hydrogen) atoms. The molecule has 10 unspecified atom stereocenters. The third-order valence-electron chi connectivity index (χ3n) is 7.29. The zero-order valence-electron chi connectivity index (χ0n) is 23.1. The van der Waals surface area contributed by atoms with Crippen molar-refractivity contribution in [2.24, 2.45) is 0 Å². The molecule has 10 atom stereocenters. The number of carbonyl (C=O) groups excluding carboxylic acids is 3. The van der Waals surface area contributed by atoms with E-state index in [2.05, 4.69) is 16.0 Å². The fourth-order valence-corrected chi connectivity index (χ4v) is 5.05. The molecule has 4 rings (SSSR count). The van der Waals surface area contributed by atoms with Crippen LogP contribution in [0, 0.1) is 0 Å². The Bertz CT molecular complexity index is 1310. The summed E-state index contributed by atoms with van der Waals surface area (Å²) in [4.78, 5) is 64.2. The highest BCUT2D eigenvalue weighted by Crippen LogP contribution is 2.34. The fraction of sp³-hybridized carbons (Fsp3) is 0.640. The summed E-state index contributed by atoms with van der Waals surface area (Å²) in [5.74, 6) is -2.53. The zero-order chi connectivity index (χ0) is 30.7. The van der Waals surface area contributed by atoms with E-state index in [1.54, 1.807) is 0 Å². The van der Waals surface area contributed by atoms with Crippen molar-refractivity contribution in [3.8, 4) is 0 Å². The largest absolute Gasteiger partial charge is 0.456 e. The first-order valence-electron chi connectivity index (χ1n) is 13.4. The molecule has 0 radical (unpaired) electrons. The number of aliphatic hydroxyl groups is 3. The molecule has 1 aromatic heterocycles. The summed E-state index contributed by atoms with van der Waals surface area (Å²) in [6.45, 7) is 1.85. The zero-order valence-corrected chi connectivity index (χ0v) is 23.1. The number of aliphatic hydroxyl groups excluding tert-OH is 3. The van der Waals surface area contributed by atoms with Gasteiger partial charge >= 0.3 is 5.69 Å². The maximum Gasteiger partial charge on any atom is 0.330 e. The molecule has 17 heteroatoms. The second kappa shape index (κ2) is 13.1. The van der Waals surface area contributed by atoms with Crippen molar-refractivity contribution in [1.29, 1.82) is 0 Å². The lowest BCUT2D eigenvalue weighted by atomic mass is 10.0. The third kappa shape index (κ3) is 6.55. The van der Waals surface area contributed by atoms with Crippen LogP contribution in [0.1, 0.15) is 32.4 Å². The normalized spacial score (nSPS) is 33.9. The molecule has 4 heterocycles. The molecule has 0 saturated carbocycles. The average Bonchev–Trinajstić information content (AvgIpc) is 3.18. The minimum absolute atomic E-state index is 0.0596. The van der Waals surface area contributed by atoms with Crippen LogP contribution in [0.5, 0.6) is 0 Å². The van der Waals surface area contributed by atoms with Crippen LogP contribution in [0.25, 0.3) is 0 Å². The van der Waals surface area contributed by atoms with Crippen LogP contribution >= 0.6 is 0 Å². The molecule has 2 saturated heterocycles. The van der Waals surface area contributed by atoms with E-state index in [9.17, 15) is 39.3 Å². The number of aromatic amines is 1. The van der Waals surface area contributed by atoms with Crippen molar-refractivity contribution in [3.63, 3.8) is 0 Å². The minimum Gasteiger partial charge on any atom is -0.456 e. The lowest BCUT2D eigenvalue weighted by Gasteiger charge is -2.35. The number of H-pyrrole nitrogens is 1. The summed E-state index contributed by atoms with van der Waals surface area (Å²) in [5, 5.41) is 39.6. The van der Waals surface area contributed by atoms with E-state index < -0.39 is 84.0 Å². The Balaban J connectivity index is 1.54. The molecular formula is C25H35N5O12. The first kappa shape index (κ1) is 31.3. The molecule has 3 aliphatic heterocycles. The predicted molar refractivity (Wildman–Crippen MR) is 139 cm³/mol. The Kier molecular flexibility index (Phi) is 9.80. The molecule has 0 spiro atoms. The van der Waals surface area contributed by atoms with Gasteiger partial charge in [-0.3, -0.25) is 28.7 Å². The molecule has 0 aliphatic carbocycles. The molecule has 232 valence electrons. The molecule has 3 aliphatic rings. The fourth-order valence-electron chi connectivity index (χ4n) is 5.05. The van der Waals surface area contributed by atoms with Crippen molar-refractivity contribution in [2.75, 3.05) is 14.2 Å². The molecule has 0 bridgehead atoms. The van der Waals surface area contributed by atoms with E-state index >= 15 is 0 Å². The van der Waals surface area contributed by atoms with Gasteiger partial charge in [-0.05, 0) is 32.3 Å². The van der Waals surface area contributed by atoms with E-state index in [-0.39, 0.29) is 11.9 Å². The van der Waals surface area contributed by atoms with Crippen molar-refractivity contribution in [1.82, 2.24) is 25.5 Å². The highest BCUT2D eigenvalue weighted by molar-refractivity contribution is 5.95. The summed E-state index contributed by atoms with van der Waals surface area (Å²) < 4.78 is 23.3. The van der Waals surface area contributed by atoms with Gasteiger partial charge in [-0.1, -0.05) is 0 Å². The van der Waals surface area contributed by atoms with Gasteiger partial charge in [-0.2, -0.15) is 0 Å². The Morgan fingerprint density at radius 3 is 2.57 bits per heavy atom. The van der Waals surface area contributed by atoms with Crippen LogP contribution < -0.4 is 27.2 Å². The number of aromatic nitrogens is 2. The monoisotopic (exact) mass is 597 g/mol. The maximum atomic E-state index is 13.0. The summed E-state index contributed by atoms with van der Waals surface area (Å²) in [5.41, 5.74) is -1.58. The number of carbonyl (C=O) groups is 3. The smallest absolute Gasteiger partial charge is 0.330 e. The molecule has 17 nitrogen and oxygen atoms in total. The van der Waals surface area contributed by atoms with E-state index in [1.165, 1.54) is 14.2 Å². The molecule has 0 aromatic carbocycles. The lowest BCUT2D eigenvalue weighted by molar-refractivity contribution is -0.242. The van der Waals surface area contributed by atoms with Crippen LogP contribution in [0.3, 0.4) is 0 Å². The lowest BCUT2D eigenvalue weighted by Crippen LogP contribution is -2.55. The van der Waals surface area contributed by atoms with E-state index in [1.807, 2.05) is 11.9 Å². The van der Waals surface area contributed by atoms with Gasteiger partial charge in [0.15, 0.2) is 18.1 Å². The highest BCUT2D eigenvalue weighted by atomic mass is 16.7. The first-order chi connectivity index (χ1) is 19.9. The Morgan fingerprint density at radius 2 is 1.90 bits per heavy atom. The Labute approximate surface area is 238 Å². The first-order valence-corrected chi connectivity index (χ1v) is 13.4. The van der Waals surface area contributed by atoms with Crippen LogP contribution in [0.15, 0.2) is 33.7 Å². The maximum absolute atomic E-state index is 13.0. The van der Waals surface area contributed by atoms with Crippen molar-refractivity contribution in [2.45, 2.75) is 87.4 Å². The molecule has 3 amide bonds. The number of likely N-dealkylation sites (N-methyl/N-ethyl adjacent to an activating group) is 1. The molecular weight excluding hydrogens is 562 g/mol. The predicted octanol–water partition coefficient (Wildman–Crippen LogP) is -3.92. The number of rotatable bonds is 8. The Morgan fingerprint density at radius 1 is 1.17 bits per heavy atom. The van der Waals surface area contributed by atoms with Crippen molar-refractivity contribution >= 4 is 17.7 Å². The third-order valence-corrected chi connectivity index (χ3v) is 7.29. The average molecular weight is 598 g/mol. The van der Waals surface area contributed by atoms with Gasteiger partial charge < -0.3 is 50.2 Å². The topological polar surface area (TPSA) is 240 Å². The van der Waals surface area contributed by atoms with Crippen LogP contribution in [-0.4, -0.2) is 112 Å². The van der Waals surface area contributed by atoms with E-state index in [0.29, 0.717) is 12.8 Å². The van der Waals surface area contributed by atoms with Crippen LogP contribution in [0.2, 0.25) is 0 Å². The summed E-state index contributed by atoms with van der Waals surface area (Å²) in [7, 11) is 2.49. The van der Waals surface area contributed by atoms with Crippen LogP contribution in [-0.2, 0) is 33.3 Å². The van der Waals surface area contributed by atoms with Gasteiger partial charge in [-0.15, -0.1) is 0 Å². The minimum atomic E-state index is -1.80. The number of hydrogen-bond acceptors (Lipinski definition) is 12. The van der Waals surface area contributed by atoms with Gasteiger partial charge in [0.2, 0.25) is 12.2 Å². The quantitative estimate of drug-likeness (QED) is 0.152. The number of nitrogens with zero attached hydrogens (tertiary/aromatic N) is 1. The number of ether oxygens (including phenoxy) is 4. The second-order valence-electron chi connectivity index (χ2n) is 10.2. The van der Waals surface area contributed by atoms with Gasteiger partial charge in [0.05, 0.1) is 0 Å². The van der Waals surface area contributed by atoms with Gasteiger partial charge in [0.25, 0.3) is 17.4 Å². The Hall–Kier alpha value is -3.61.